The number of anilines is 1. The molecule has 1 aromatic carbocycles. The highest BCUT2D eigenvalue weighted by molar-refractivity contribution is 14.0. The van der Waals surface area contributed by atoms with Gasteiger partial charge in [-0.25, -0.2) is 0 Å². The van der Waals surface area contributed by atoms with Gasteiger partial charge in [0, 0.05) is 31.1 Å². The van der Waals surface area contributed by atoms with Crippen LogP contribution in [0.15, 0.2) is 29.3 Å². The summed E-state index contributed by atoms with van der Waals surface area (Å²) in [6.45, 7) is 8.10. The Labute approximate surface area is 192 Å². The number of aliphatic imine (C=N–C) groups is 1. The van der Waals surface area contributed by atoms with Crippen molar-refractivity contribution in [2.75, 3.05) is 44.6 Å². The molecular formula is C22H36IN5O. The highest BCUT2D eigenvalue weighted by atomic mass is 127. The number of para-hydroxylation sites is 1. The van der Waals surface area contributed by atoms with Gasteiger partial charge in [-0.1, -0.05) is 31.0 Å². The van der Waals surface area contributed by atoms with Crippen molar-refractivity contribution in [3.05, 3.63) is 29.8 Å². The number of nitrogens with zero attached hydrogens (tertiary/aromatic N) is 2. The number of fused-ring (bicyclic) bond motifs is 1. The smallest absolute Gasteiger partial charge is 0.225 e. The van der Waals surface area contributed by atoms with Gasteiger partial charge in [-0.05, 0) is 57.5 Å². The van der Waals surface area contributed by atoms with Crippen LogP contribution in [-0.2, 0) is 4.79 Å². The second kappa shape index (κ2) is 13.1. The van der Waals surface area contributed by atoms with Crippen molar-refractivity contribution in [1.29, 1.82) is 0 Å². The number of guanidine groups is 1. The third-order valence-electron chi connectivity index (χ3n) is 5.56. The van der Waals surface area contributed by atoms with Crippen LogP contribution in [0.5, 0.6) is 0 Å². The van der Waals surface area contributed by atoms with Gasteiger partial charge in [-0.2, -0.15) is 0 Å². The van der Waals surface area contributed by atoms with Crippen molar-refractivity contribution in [2.45, 2.75) is 51.4 Å². The molecule has 0 saturated carbocycles. The second-order valence-corrected chi connectivity index (χ2v) is 7.79. The summed E-state index contributed by atoms with van der Waals surface area (Å²) >= 11 is 0. The highest BCUT2D eigenvalue weighted by Crippen LogP contribution is 2.31. The molecule has 1 fully saturated rings. The lowest BCUT2D eigenvalue weighted by molar-refractivity contribution is -0.116. The first-order valence-corrected chi connectivity index (χ1v) is 10.9. The molecule has 1 atom stereocenters. The zero-order valence-corrected chi connectivity index (χ0v) is 19.9. The van der Waals surface area contributed by atoms with E-state index in [0.717, 1.165) is 37.7 Å². The van der Waals surface area contributed by atoms with Crippen LogP contribution in [0.3, 0.4) is 0 Å². The summed E-state index contributed by atoms with van der Waals surface area (Å²) < 4.78 is 0. The zero-order chi connectivity index (χ0) is 19.6. The molecule has 6 nitrogen and oxygen atoms in total. The maximum atomic E-state index is 12.0. The SMILES string of the molecule is CCNC(=NCC1CC(=O)Nc2ccccc21)NCCCN1CCCCCC1.I. The molecule has 1 saturated heterocycles. The van der Waals surface area contributed by atoms with Gasteiger partial charge in [-0.3, -0.25) is 9.79 Å². The summed E-state index contributed by atoms with van der Waals surface area (Å²) in [5, 5.41) is 9.75. The van der Waals surface area contributed by atoms with Crippen molar-refractivity contribution in [3.63, 3.8) is 0 Å². The molecule has 3 rings (SSSR count). The number of amides is 1. The van der Waals surface area contributed by atoms with Gasteiger partial charge in [0.2, 0.25) is 5.91 Å². The zero-order valence-electron chi connectivity index (χ0n) is 17.6. The number of nitrogens with one attached hydrogen (secondary N) is 3. The number of hydrogen-bond acceptors (Lipinski definition) is 3. The molecule has 0 aromatic heterocycles. The van der Waals surface area contributed by atoms with E-state index in [2.05, 4.69) is 33.8 Å². The van der Waals surface area contributed by atoms with E-state index in [0.29, 0.717) is 13.0 Å². The molecule has 2 aliphatic rings. The largest absolute Gasteiger partial charge is 0.357 e. The average molecular weight is 513 g/mol. The fourth-order valence-corrected chi connectivity index (χ4v) is 4.08. The van der Waals surface area contributed by atoms with Crippen molar-refractivity contribution in [1.82, 2.24) is 15.5 Å². The van der Waals surface area contributed by atoms with Gasteiger partial charge < -0.3 is 20.9 Å². The molecule has 0 bridgehead atoms. The topological polar surface area (TPSA) is 68.8 Å². The van der Waals surface area contributed by atoms with Crippen LogP contribution in [0.4, 0.5) is 5.69 Å². The first-order valence-electron chi connectivity index (χ1n) is 10.9. The van der Waals surface area contributed by atoms with Crippen molar-refractivity contribution < 1.29 is 4.79 Å². The van der Waals surface area contributed by atoms with Crippen molar-refractivity contribution >= 4 is 41.5 Å². The summed E-state index contributed by atoms with van der Waals surface area (Å²) in [7, 11) is 0. The molecule has 7 heteroatoms. The molecule has 29 heavy (non-hydrogen) atoms. The van der Waals surface area contributed by atoms with Crippen LogP contribution in [0.1, 0.15) is 56.9 Å². The first kappa shape index (κ1) is 23.9. The molecular weight excluding hydrogens is 477 g/mol. The van der Waals surface area contributed by atoms with E-state index in [4.69, 9.17) is 4.99 Å². The normalized spacial score (nSPS) is 20.1. The van der Waals surface area contributed by atoms with E-state index in [1.807, 2.05) is 18.2 Å². The molecule has 3 N–H and O–H groups in total. The molecule has 2 heterocycles. The monoisotopic (exact) mass is 513 g/mol. The average Bonchev–Trinajstić information content (AvgIpc) is 2.97. The third kappa shape index (κ3) is 7.77. The quantitative estimate of drug-likeness (QED) is 0.226. The Bertz CT molecular complexity index is 658. The standard InChI is InChI=1S/C22H35N5O.HI/c1-2-23-22(24-12-9-15-27-13-7-3-4-8-14-27)25-17-18-16-21(28)26-20-11-6-5-10-19(18)20;/h5-6,10-11,18H,2-4,7-9,12-17H2,1H3,(H,26,28)(H2,23,24,25);1H. The van der Waals surface area contributed by atoms with Crippen molar-refractivity contribution in [3.8, 4) is 0 Å². The number of carbonyl (C=O) groups excluding carboxylic acids is 1. The Morgan fingerprint density at radius 2 is 1.93 bits per heavy atom. The van der Waals surface area contributed by atoms with Gasteiger partial charge in [0.15, 0.2) is 5.96 Å². The summed E-state index contributed by atoms with van der Waals surface area (Å²) in [4.78, 5) is 19.4. The van der Waals surface area contributed by atoms with Gasteiger partial charge in [0.1, 0.15) is 0 Å². The van der Waals surface area contributed by atoms with E-state index < -0.39 is 0 Å². The molecule has 0 spiro atoms. The summed E-state index contributed by atoms with van der Waals surface area (Å²) in [6.07, 6.45) is 7.07. The number of rotatable bonds is 7. The van der Waals surface area contributed by atoms with Crippen LogP contribution >= 0.6 is 24.0 Å². The summed E-state index contributed by atoms with van der Waals surface area (Å²) in [5.41, 5.74) is 2.11. The summed E-state index contributed by atoms with van der Waals surface area (Å²) in [6, 6.07) is 8.05. The molecule has 0 aliphatic carbocycles. The fourth-order valence-electron chi connectivity index (χ4n) is 4.08. The fraction of sp³-hybridized carbons (Fsp3) is 0.636. The maximum absolute atomic E-state index is 12.0. The number of likely N-dealkylation sites (tertiary alicyclic amines) is 1. The van der Waals surface area contributed by atoms with Gasteiger partial charge >= 0.3 is 0 Å². The van der Waals surface area contributed by atoms with E-state index in [-0.39, 0.29) is 35.8 Å². The minimum atomic E-state index is 0. The molecule has 1 aromatic rings. The van der Waals surface area contributed by atoms with Crippen LogP contribution in [0.2, 0.25) is 0 Å². The number of hydrogen-bond donors (Lipinski definition) is 3. The minimum absolute atomic E-state index is 0. The maximum Gasteiger partial charge on any atom is 0.225 e. The van der Waals surface area contributed by atoms with Crippen molar-refractivity contribution in [2.24, 2.45) is 4.99 Å². The lowest BCUT2D eigenvalue weighted by atomic mass is 9.91. The van der Waals surface area contributed by atoms with Gasteiger partial charge in [0.25, 0.3) is 0 Å². The lowest BCUT2D eigenvalue weighted by Gasteiger charge is -2.24. The summed E-state index contributed by atoms with van der Waals surface area (Å²) in [5.74, 6) is 1.06. The Hall–Kier alpha value is -1.35. The number of carbonyl (C=O) groups is 1. The number of benzene rings is 1. The molecule has 1 amide bonds. The Kier molecular flexibility index (Phi) is 10.8. The van der Waals surface area contributed by atoms with E-state index in [1.165, 1.54) is 44.3 Å². The Morgan fingerprint density at radius 3 is 2.69 bits per heavy atom. The van der Waals surface area contributed by atoms with Gasteiger partial charge in [-0.15, -0.1) is 24.0 Å². The van der Waals surface area contributed by atoms with Crippen LogP contribution in [-0.4, -0.2) is 56.0 Å². The van der Waals surface area contributed by atoms with Gasteiger partial charge in [0.05, 0.1) is 6.54 Å². The van der Waals surface area contributed by atoms with Crippen LogP contribution in [0, 0.1) is 0 Å². The Balaban J connectivity index is 0.00000300. The molecule has 1 unspecified atom stereocenters. The molecule has 2 aliphatic heterocycles. The highest BCUT2D eigenvalue weighted by Gasteiger charge is 2.24. The predicted octanol–water partition coefficient (Wildman–Crippen LogP) is 3.55. The molecule has 0 radical (unpaired) electrons. The Morgan fingerprint density at radius 1 is 1.17 bits per heavy atom. The lowest BCUT2D eigenvalue weighted by Crippen LogP contribution is -2.39. The third-order valence-corrected chi connectivity index (χ3v) is 5.56. The minimum Gasteiger partial charge on any atom is -0.357 e. The van der Waals surface area contributed by atoms with E-state index in [9.17, 15) is 4.79 Å². The first-order chi connectivity index (χ1) is 13.8. The predicted molar refractivity (Wildman–Crippen MR) is 131 cm³/mol. The van der Waals surface area contributed by atoms with E-state index in [1.54, 1.807) is 0 Å². The number of halogens is 1. The van der Waals surface area contributed by atoms with Crippen LogP contribution < -0.4 is 16.0 Å². The van der Waals surface area contributed by atoms with E-state index >= 15 is 0 Å². The second-order valence-electron chi connectivity index (χ2n) is 7.79. The molecule has 162 valence electrons. The van der Waals surface area contributed by atoms with Crippen LogP contribution in [0.25, 0.3) is 0 Å².